The van der Waals surface area contributed by atoms with Gasteiger partial charge in [0.2, 0.25) is 0 Å². The number of nitrogens with one attached hydrogen (secondary N) is 1. The molecule has 1 aromatic rings. The van der Waals surface area contributed by atoms with E-state index in [-0.39, 0.29) is 6.04 Å². The lowest BCUT2D eigenvalue weighted by Crippen LogP contribution is -2.27. The largest absolute Gasteiger partial charge is 0.327 e. The first-order chi connectivity index (χ1) is 6.34. The predicted molar refractivity (Wildman–Crippen MR) is 41.4 cm³/mol. The Bertz CT molecular complexity index is 324. The Labute approximate surface area is 74.3 Å². The molecule has 2 fully saturated rings. The Morgan fingerprint density at radius 1 is 1.46 bits per heavy atom. The molecule has 6 heteroatoms. The van der Waals surface area contributed by atoms with Crippen LogP contribution in [0.2, 0.25) is 0 Å². The van der Waals surface area contributed by atoms with Gasteiger partial charge in [0.25, 0.3) is 0 Å². The summed E-state index contributed by atoms with van der Waals surface area (Å²) in [5.74, 6) is 0. The van der Waals surface area contributed by atoms with E-state index in [1.165, 1.54) is 11.1 Å². The van der Waals surface area contributed by atoms with Gasteiger partial charge in [-0.15, -0.1) is 0 Å². The number of hydrogen-bond donors (Lipinski definition) is 1. The molecule has 2 bridgehead atoms. The molecule has 3 unspecified atom stereocenters. The molecule has 13 heavy (non-hydrogen) atoms. The van der Waals surface area contributed by atoms with E-state index in [1.807, 2.05) is 0 Å². The Hall–Kier alpha value is -1.04. The van der Waals surface area contributed by atoms with Crippen molar-refractivity contribution >= 4 is 0 Å². The predicted octanol–water partition coefficient (Wildman–Crippen LogP) is -0.122. The maximum Gasteiger partial charge on any atom is 0.327 e. The molecule has 1 N–H and O–H groups in total. The second-order valence-electron chi connectivity index (χ2n) is 3.74. The van der Waals surface area contributed by atoms with Crippen molar-refractivity contribution in [2.24, 2.45) is 0 Å². The van der Waals surface area contributed by atoms with Crippen molar-refractivity contribution in [2.75, 3.05) is 0 Å². The smallest absolute Gasteiger partial charge is 0.309 e. The van der Waals surface area contributed by atoms with Crippen LogP contribution in [0.1, 0.15) is 25.3 Å². The van der Waals surface area contributed by atoms with Crippen molar-refractivity contribution in [3.63, 3.8) is 0 Å². The van der Waals surface area contributed by atoms with Crippen LogP contribution in [-0.4, -0.2) is 32.3 Å². The zero-order valence-corrected chi connectivity index (χ0v) is 7.02. The minimum atomic E-state index is -0.570. The highest BCUT2D eigenvalue weighted by Crippen LogP contribution is 2.36. The maximum absolute atomic E-state index is 13.0. The van der Waals surface area contributed by atoms with E-state index < -0.39 is 6.08 Å². The van der Waals surface area contributed by atoms with E-state index in [0.717, 1.165) is 12.8 Å². The number of nitrogens with zero attached hydrogens (tertiary/aromatic N) is 4. The fourth-order valence-corrected chi connectivity index (χ4v) is 2.45. The van der Waals surface area contributed by atoms with Crippen LogP contribution in [0.3, 0.4) is 0 Å². The summed E-state index contributed by atoms with van der Waals surface area (Å²) in [6.45, 7) is 0. The minimum Gasteiger partial charge on any atom is -0.309 e. The van der Waals surface area contributed by atoms with E-state index in [0.29, 0.717) is 12.1 Å². The SMILES string of the molecule is Fc1nnnn1C1CC2CCC1N2. The summed E-state index contributed by atoms with van der Waals surface area (Å²) >= 11 is 0. The van der Waals surface area contributed by atoms with Crippen LogP contribution in [0.15, 0.2) is 0 Å². The van der Waals surface area contributed by atoms with Gasteiger partial charge < -0.3 is 5.32 Å². The van der Waals surface area contributed by atoms with Crippen LogP contribution in [0.4, 0.5) is 4.39 Å². The molecule has 2 aliphatic heterocycles. The number of aromatic nitrogens is 4. The minimum absolute atomic E-state index is 0.119. The summed E-state index contributed by atoms with van der Waals surface area (Å²) in [6.07, 6.45) is 2.69. The quantitative estimate of drug-likeness (QED) is 0.659. The van der Waals surface area contributed by atoms with Crippen LogP contribution in [-0.2, 0) is 0 Å². The number of hydrogen-bond acceptors (Lipinski definition) is 4. The van der Waals surface area contributed by atoms with Gasteiger partial charge in [0.05, 0.1) is 6.04 Å². The van der Waals surface area contributed by atoms with Gasteiger partial charge in [0, 0.05) is 12.1 Å². The third kappa shape index (κ3) is 0.980. The lowest BCUT2D eigenvalue weighted by Gasteiger charge is -2.18. The van der Waals surface area contributed by atoms with E-state index in [4.69, 9.17) is 0 Å². The summed E-state index contributed by atoms with van der Waals surface area (Å²) in [5.41, 5.74) is 0. The Kier molecular flexibility index (Phi) is 1.40. The second-order valence-corrected chi connectivity index (χ2v) is 3.74. The van der Waals surface area contributed by atoms with Gasteiger partial charge in [0.1, 0.15) is 0 Å². The van der Waals surface area contributed by atoms with Crippen LogP contribution >= 0.6 is 0 Å². The van der Waals surface area contributed by atoms with Crippen molar-refractivity contribution in [1.82, 2.24) is 25.5 Å². The molecule has 0 spiro atoms. The first kappa shape index (κ1) is 7.37. The highest BCUT2D eigenvalue weighted by Gasteiger charge is 2.41. The van der Waals surface area contributed by atoms with E-state index in [2.05, 4.69) is 20.8 Å². The molecular formula is C7H10FN5. The van der Waals surface area contributed by atoms with Crippen molar-refractivity contribution in [1.29, 1.82) is 0 Å². The van der Waals surface area contributed by atoms with Gasteiger partial charge in [-0.3, -0.25) is 0 Å². The van der Waals surface area contributed by atoms with Crippen LogP contribution in [0, 0.1) is 6.08 Å². The maximum atomic E-state index is 13.0. The van der Waals surface area contributed by atoms with Crippen LogP contribution in [0.5, 0.6) is 0 Å². The third-order valence-corrected chi connectivity index (χ3v) is 3.03. The van der Waals surface area contributed by atoms with Gasteiger partial charge in [0.15, 0.2) is 0 Å². The third-order valence-electron chi connectivity index (χ3n) is 3.03. The highest BCUT2D eigenvalue weighted by atomic mass is 19.1. The van der Waals surface area contributed by atoms with Crippen LogP contribution < -0.4 is 5.32 Å². The fraction of sp³-hybridized carbons (Fsp3) is 0.857. The monoisotopic (exact) mass is 183 g/mol. The molecular weight excluding hydrogens is 173 g/mol. The first-order valence-electron chi connectivity index (χ1n) is 4.54. The molecule has 1 aromatic heterocycles. The number of halogens is 1. The molecule has 0 saturated carbocycles. The lowest BCUT2D eigenvalue weighted by molar-refractivity contribution is 0.311. The van der Waals surface area contributed by atoms with Crippen molar-refractivity contribution in [3.05, 3.63) is 6.08 Å². The van der Waals surface area contributed by atoms with Crippen molar-refractivity contribution < 1.29 is 4.39 Å². The van der Waals surface area contributed by atoms with Gasteiger partial charge in [-0.25, -0.2) is 0 Å². The van der Waals surface area contributed by atoms with Crippen LogP contribution in [0.25, 0.3) is 0 Å². The summed E-state index contributed by atoms with van der Waals surface area (Å²) in [6, 6.07) is 1.02. The van der Waals surface area contributed by atoms with Gasteiger partial charge in [-0.05, 0) is 29.7 Å². The molecule has 3 heterocycles. The summed E-state index contributed by atoms with van der Waals surface area (Å²) < 4.78 is 14.3. The lowest BCUT2D eigenvalue weighted by atomic mass is 9.96. The van der Waals surface area contributed by atoms with Crippen molar-refractivity contribution in [2.45, 2.75) is 37.4 Å². The summed E-state index contributed by atoms with van der Waals surface area (Å²) in [7, 11) is 0. The number of tetrazole rings is 1. The number of rotatable bonds is 1. The zero-order chi connectivity index (χ0) is 8.84. The first-order valence-corrected chi connectivity index (χ1v) is 4.54. The summed E-state index contributed by atoms with van der Waals surface area (Å²) in [4.78, 5) is 0. The van der Waals surface area contributed by atoms with Gasteiger partial charge >= 0.3 is 6.08 Å². The molecule has 2 saturated heterocycles. The highest BCUT2D eigenvalue weighted by molar-refractivity contribution is 4.99. The molecule has 3 rings (SSSR count). The topological polar surface area (TPSA) is 55.6 Å². The Morgan fingerprint density at radius 3 is 2.92 bits per heavy atom. The Balaban J connectivity index is 1.91. The average Bonchev–Trinajstić information content (AvgIpc) is 2.77. The molecule has 0 amide bonds. The molecule has 70 valence electrons. The fourth-order valence-electron chi connectivity index (χ4n) is 2.45. The zero-order valence-electron chi connectivity index (χ0n) is 7.02. The molecule has 0 radical (unpaired) electrons. The Morgan fingerprint density at radius 2 is 2.38 bits per heavy atom. The van der Waals surface area contributed by atoms with Gasteiger partial charge in [-0.1, -0.05) is 5.10 Å². The summed E-state index contributed by atoms with van der Waals surface area (Å²) in [5, 5.41) is 13.6. The molecule has 3 atom stereocenters. The molecule has 5 nitrogen and oxygen atoms in total. The standard InChI is InChI=1S/C7H10FN5/c8-7-10-11-12-13(7)6-3-4-1-2-5(6)9-4/h4-6,9H,1-3H2. The van der Waals surface area contributed by atoms with E-state index in [9.17, 15) is 4.39 Å². The normalized spacial score (nSPS) is 37.2. The van der Waals surface area contributed by atoms with Crippen molar-refractivity contribution in [3.8, 4) is 0 Å². The molecule has 0 aliphatic carbocycles. The average molecular weight is 183 g/mol. The molecule has 0 aromatic carbocycles. The van der Waals surface area contributed by atoms with E-state index in [1.54, 1.807) is 0 Å². The van der Waals surface area contributed by atoms with Gasteiger partial charge in [-0.2, -0.15) is 9.07 Å². The molecule has 2 aliphatic rings. The second kappa shape index (κ2) is 2.47. The number of fused-ring (bicyclic) bond motifs is 2. The van der Waals surface area contributed by atoms with E-state index >= 15 is 0 Å².